The summed E-state index contributed by atoms with van der Waals surface area (Å²) in [6.07, 6.45) is 1.55. The Kier molecular flexibility index (Phi) is 4.73. The van der Waals surface area contributed by atoms with E-state index in [-0.39, 0.29) is 11.7 Å². The van der Waals surface area contributed by atoms with Gasteiger partial charge in [-0.15, -0.1) is 0 Å². The molecule has 0 bridgehead atoms. The lowest BCUT2D eigenvalue weighted by Gasteiger charge is -2.24. The molecular formula is C16H21FN4. The van der Waals surface area contributed by atoms with Gasteiger partial charge < -0.3 is 10.2 Å². The summed E-state index contributed by atoms with van der Waals surface area (Å²) >= 11 is 0. The summed E-state index contributed by atoms with van der Waals surface area (Å²) in [5.41, 5.74) is 1.95. The zero-order valence-corrected chi connectivity index (χ0v) is 12.9. The predicted octanol–water partition coefficient (Wildman–Crippen LogP) is 3.94. The quantitative estimate of drug-likeness (QED) is 0.904. The van der Waals surface area contributed by atoms with E-state index in [0.29, 0.717) is 0 Å². The molecule has 1 heterocycles. The van der Waals surface area contributed by atoms with Crippen LogP contribution >= 0.6 is 0 Å². The molecule has 0 spiro atoms. The highest BCUT2D eigenvalue weighted by Crippen LogP contribution is 2.33. The minimum absolute atomic E-state index is 0.243. The molecule has 0 amide bonds. The second kappa shape index (κ2) is 6.52. The van der Waals surface area contributed by atoms with Crippen LogP contribution in [0.25, 0.3) is 0 Å². The number of nitrogens with one attached hydrogen (secondary N) is 1. The molecule has 2 rings (SSSR count). The van der Waals surface area contributed by atoms with Crippen LogP contribution in [0.2, 0.25) is 0 Å². The Labute approximate surface area is 125 Å². The van der Waals surface area contributed by atoms with Crippen molar-refractivity contribution < 1.29 is 4.39 Å². The smallest absolute Gasteiger partial charge is 0.141 e. The summed E-state index contributed by atoms with van der Waals surface area (Å²) in [4.78, 5) is 10.7. The summed E-state index contributed by atoms with van der Waals surface area (Å²) in [7, 11) is 1.93. The molecular weight excluding hydrogens is 267 g/mol. The number of hydrogen-bond acceptors (Lipinski definition) is 4. The number of aromatic nitrogens is 2. The summed E-state index contributed by atoms with van der Waals surface area (Å²) in [6.45, 7) is 7.06. The largest absolute Gasteiger partial charge is 0.370 e. The first-order valence-electron chi connectivity index (χ1n) is 7.12. The van der Waals surface area contributed by atoms with Crippen molar-refractivity contribution in [3.05, 3.63) is 42.0 Å². The molecule has 0 unspecified atom stereocenters. The van der Waals surface area contributed by atoms with Crippen molar-refractivity contribution in [1.29, 1.82) is 0 Å². The number of hydrogen-bond donors (Lipinski definition) is 1. The maximum Gasteiger partial charge on any atom is 0.141 e. The van der Waals surface area contributed by atoms with Gasteiger partial charge in [0.2, 0.25) is 0 Å². The zero-order chi connectivity index (χ0) is 15.4. The fraction of sp³-hybridized carbons (Fsp3) is 0.375. The molecule has 21 heavy (non-hydrogen) atoms. The normalized spacial score (nSPS) is 10.8. The van der Waals surface area contributed by atoms with Crippen molar-refractivity contribution in [1.82, 2.24) is 9.97 Å². The average Bonchev–Trinajstić information content (AvgIpc) is 2.47. The SMILES string of the molecule is CCNc1ncnc(N(C)c2ccc(F)cc2)c1C(C)C. The van der Waals surface area contributed by atoms with Gasteiger partial charge in [-0.1, -0.05) is 13.8 Å². The third kappa shape index (κ3) is 3.29. The standard InChI is InChI=1S/C16H21FN4/c1-5-18-15-14(11(2)3)16(20-10-19-15)21(4)13-8-6-12(17)7-9-13/h6-11H,5H2,1-4H3,(H,18,19,20). The Balaban J connectivity index is 2.47. The Morgan fingerprint density at radius 1 is 1.19 bits per heavy atom. The molecule has 0 atom stereocenters. The third-order valence-corrected chi connectivity index (χ3v) is 3.32. The minimum atomic E-state index is -0.243. The maximum absolute atomic E-state index is 13.1. The third-order valence-electron chi connectivity index (χ3n) is 3.32. The molecule has 2 aromatic rings. The van der Waals surface area contributed by atoms with Crippen LogP contribution in [0, 0.1) is 5.82 Å². The van der Waals surface area contributed by atoms with Crippen LogP contribution in [0.15, 0.2) is 30.6 Å². The van der Waals surface area contributed by atoms with E-state index in [2.05, 4.69) is 29.1 Å². The molecule has 0 aliphatic carbocycles. The molecule has 0 aliphatic rings. The second-order valence-corrected chi connectivity index (χ2v) is 5.18. The summed E-state index contributed by atoms with van der Waals surface area (Å²) in [6, 6.07) is 6.39. The van der Waals surface area contributed by atoms with Crippen molar-refractivity contribution in [2.45, 2.75) is 26.7 Å². The van der Waals surface area contributed by atoms with Crippen LogP contribution < -0.4 is 10.2 Å². The van der Waals surface area contributed by atoms with Crippen molar-refractivity contribution >= 4 is 17.3 Å². The molecule has 1 aromatic carbocycles. The fourth-order valence-electron chi connectivity index (χ4n) is 2.28. The van der Waals surface area contributed by atoms with E-state index >= 15 is 0 Å². The number of nitrogens with zero attached hydrogens (tertiary/aromatic N) is 3. The Morgan fingerprint density at radius 2 is 1.86 bits per heavy atom. The summed E-state index contributed by atoms with van der Waals surface area (Å²) < 4.78 is 13.1. The van der Waals surface area contributed by atoms with Gasteiger partial charge in [0.15, 0.2) is 0 Å². The first-order chi connectivity index (χ1) is 10.0. The summed E-state index contributed by atoms with van der Waals surface area (Å²) in [5.74, 6) is 1.72. The van der Waals surface area contributed by atoms with Crippen LogP contribution in [0.5, 0.6) is 0 Å². The van der Waals surface area contributed by atoms with Gasteiger partial charge in [0.1, 0.15) is 23.8 Å². The van der Waals surface area contributed by atoms with Crippen LogP contribution in [0.3, 0.4) is 0 Å². The van der Waals surface area contributed by atoms with Crippen molar-refractivity contribution in [2.24, 2.45) is 0 Å². The van der Waals surface area contributed by atoms with E-state index in [0.717, 1.165) is 29.4 Å². The highest BCUT2D eigenvalue weighted by atomic mass is 19.1. The summed E-state index contributed by atoms with van der Waals surface area (Å²) in [5, 5.41) is 3.28. The fourth-order valence-corrected chi connectivity index (χ4v) is 2.28. The van der Waals surface area contributed by atoms with E-state index in [9.17, 15) is 4.39 Å². The molecule has 0 fully saturated rings. The monoisotopic (exact) mass is 288 g/mol. The molecule has 0 radical (unpaired) electrons. The molecule has 1 aromatic heterocycles. The van der Waals surface area contributed by atoms with Gasteiger partial charge in [-0.2, -0.15) is 0 Å². The molecule has 5 heteroatoms. The lowest BCUT2D eigenvalue weighted by Crippen LogP contribution is -2.17. The second-order valence-electron chi connectivity index (χ2n) is 5.18. The van der Waals surface area contributed by atoms with Gasteiger partial charge >= 0.3 is 0 Å². The van der Waals surface area contributed by atoms with Crippen LogP contribution in [-0.2, 0) is 0 Å². The average molecular weight is 288 g/mol. The Bertz CT molecular complexity index is 596. The number of rotatable bonds is 5. The van der Waals surface area contributed by atoms with Gasteiger partial charge in [-0.25, -0.2) is 14.4 Å². The van der Waals surface area contributed by atoms with Crippen LogP contribution in [-0.4, -0.2) is 23.6 Å². The van der Waals surface area contributed by atoms with Crippen LogP contribution in [0.4, 0.5) is 21.7 Å². The number of halogens is 1. The minimum Gasteiger partial charge on any atom is -0.370 e. The predicted molar refractivity (Wildman–Crippen MR) is 84.7 cm³/mol. The molecule has 112 valence electrons. The maximum atomic E-state index is 13.1. The van der Waals surface area contributed by atoms with E-state index in [1.54, 1.807) is 18.5 Å². The Morgan fingerprint density at radius 3 is 2.43 bits per heavy atom. The Hall–Kier alpha value is -2.17. The highest BCUT2D eigenvalue weighted by Gasteiger charge is 2.18. The van der Waals surface area contributed by atoms with Gasteiger partial charge in [-0.05, 0) is 37.1 Å². The zero-order valence-electron chi connectivity index (χ0n) is 12.9. The van der Waals surface area contributed by atoms with E-state index in [1.165, 1.54) is 12.1 Å². The van der Waals surface area contributed by atoms with Gasteiger partial charge in [0.05, 0.1) is 0 Å². The first kappa shape index (κ1) is 15.2. The first-order valence-corrected chi connectivity index (χ1v) is 7.12. The lowest BCUT2D eigenvalue weighted by atomic mass is 10.0. The lowest BCUT2D eigenvalue weighted by molar-refractivity contribution is 0.628. The highest BCUT2D eigenvalue weighted by molar-refractivity contribution is 5.67. The van der Waals surface area contributed by atoms with E-state index in [1.807, 2.05) is 18.9 Å². The topological polar surface area (TPSA) is 41.1 Å². The van der Waals surface area contributed by atoms with Crippen molar-refractivity contribution in [3.63, 3.8) is 0 Å². The molecule has 4 nitrogen and oxygen atoms in total. The van der Waals surface area contributed by atoms with E-state index < -0.39 is 0 Å². The van der Waals surface area contributed by atoms with Crippen molar-refractivity contribution in [3.8, 4) is 0 Å². The molecule has 0 saturated heterocycles. The van der Waals surface area contributed by atoms with Crippen molar-refractivity contribution in [2.75, 3.05) is 23.8 Å². The van der Waals surface area contributed by atoms with Crippen LogP contribution in [0.1, 0.15) is 32.3 Å². The van der Waals surface area contributed by atoms with Gasteiger partial charge in [-0.3, -0.25) is 0 Å². The van der Waals surface area contributed by atoms with Gasteiger partial charge in [0.25, 0.3) is 0 Å². The molecule has 0 aliphatic heterocycles. The number of benzene rings is 1. The van der Waals surface area contributed by atoms with Gasteiger partial charge in [0, 0.05) is 24.8 Å². The molecule has 0 saturated carbocycles. The number of anilines is 3. The van der Waals surface area contributed by atoms with E-state index in [4.69, 9.17) is 0 Å². The molecule has 1 N–H and O–H groups in total.